The molecule has 6 heteroatoms. The third kappa shape index (κ3) is 2.60. The molecule has 0 bridgehead atoms. The van der Waals surface area contributed by atoms with E-state index in [4.69, 9.17) is 0 Å². The number of carbonyl (C=O) groups is 1. The Morgan fingerprint density at radius 1 is 1.41 bits per heavy atom. The van der Waals surface area contributed by atoms with Gasteiger partial charge in [0, 0.05) is 25.0 Å². The van der Waals surface area contributed by atoms with Gasteiger partial charge in [-0.25, -0.2) is 4.79 Å². The molecule has 2 rings (SSSR count). The maximum atomic E-state index is 10.8. The number of nitrogens with zero attached hydrogens (tertiary/aromatic N) is 3. The Balaban J connectivity index is 2.14. The molecule has 2 aromatic rings. The third-order valence-electron chi connectivity index (χ3n) is 2.15. The highest BCUT2D eigenvalue weighted by atomic mass is 16.5. The van der Waals surface area contributed by atoms with Gasteiger partial charge < -0.3 is 10.1 Å². The lowest BCUT2D eigenvalue weighted by atomic mass is 10.3. The molecule has 6 nitrogen and oxygen atoms in total. The Bertz CT molecular complexity index is 574. The normalized spacial score (nSPS) is 10.9. The maximum absolute atomic E-state index is 10.8. The van der Waals surface area contributed by atoms with E-state index < -0.39 is 5.97 Å². The van der Waals surface area contributed by atoms with E-state index >= 15 is 0 Å². The Morgan fingerprint density at radius 3 is 2.94 bits per heavy atom. The number of benzene rings is 1. The molecule has 0 radical (unpaired) electrons. The van der Waals surface area contributed by atoms with Crippen molar-refractivity contribution < 1.29 is 9.53 Å². The van der Waals surface area contributed by atoms with Crippen molar-refractivity contribution in [2.75, 3.05) is 12.4 Å². The number of fused-ring (bicyclic) bond motifs is 1. The lowest BCUT2D eigenvalue weighted by Gasteiger charge is -1.98. The number of carbonyl (C=O) groups excluding carboxylic acids is 1. The molecule has 0 aliphatic carbocycles. The Hall–Kier alpha value is -2.37. The molecule has 0 spiro atoms. The quantitative estimate of drug-likeness (QED) is 0.633. The van der Waals surface area contributed by atoms with E-state index in [1.807, 2.05) is 18.2 Å². The summed E-state index contributed by atoms with van der Waals surface area (Å²) in [4.78, 5) is 12.4. The zero-order valence-corrected chi connectivity index (χ0v) is 9.54. The molecule has 0 saturated carbocycles. The van der Waals surface area contributed by atoms with E-state index in [2.05, 4.69) is 20.3 Å². The van der Waals surface area contributed by atoms with Crippen molar-refractivity contribution in [3.8, 4) is 0 Å². The number of methoxy groups -OCH3 is 1. The topological polar surface area (TPSA) is 69.0 Å². The van der Waals surface area contributed by atoms with Crippen LogP contribution < -0.4 is 5.32 Å². The molecular weight excluding hydrogens is 220 g/mol. The molecular formula is C11H12N4O2. The molecule has 17 heavy (non-hydrogen) atoms. The first-order valence-corrected chi connectivity index (χ1v) is 5.01. The Morgan fingerprint density at radius 2 is 2.18 bits per heavy atom. The highest BCUT2D eigenvalue weighted by Crippen LogP contribution is 2.15. The molecule has 1 N–H and O–H groups in total. The predicted octanol–water partition coefficient (Wildman–Crippen LogP) is 1.07. The molecule has 88 valence electrons. The second kappa shape index (κ2) is 4.65. The van der Waals surface area contributed by atoms with Gasteiger partial charge in [-0.3, -0.25) is 0 Å². The summed E-state index contributed by atoms with van der Waals surface area (Å²) in [6.07, 6.45) is 2.82. The number of rotatable bonds is 3. The molecule has 0 saturated heterocycles. The number of hydrogen-bond donors (Lipinski definition) is 1. The first kappa shape index (κ1) is 11.1. The SMILES string of the molecule is COC(=O)/C=C/Nc1ccc2nn(C)nc2c1. The zero-order valence-electron chi connectivity index (χ0n) is 9.54. The van der Waals surface area contributed by atoms with E-state index in [0.717, 1.165) is 16.7 Å². The highest BCUT2D eigenvalue weighted by Gasteiger charge is 2.00. The van der Waals surface area contributed by atoms with Crippen LogP contribution in [0.15, 0.2) is 30.5 Å². The van der Waals surface area contributed by atoms with Crippen molar-refractivity contribution in [2.45, 2.75) is 0 Å². The van der Waals surface area contributed by atoms with Crippen molar-refractivity contribution in [3.05, 3.63) is 30.5 Å². The van der Waals surface area contributed by atoms with Crippen molar-refractivity contribution in [1.82, 2.24) is 15.0 Å². The van der Waals surface area contributed by atoms with Crippen LogP contribution in [0.1, 0.15) is 0 Å². The van der Waals surface area contributed by atoms with E-state index in [-0.39, 0.29) is 0 Å². The summed E-state index contributed by atoms with van der Waals surface area (Å²) in [6.45, 7) is 0. The molecule has 0 aliphatic heterocycles. The van der Waals surface area contributed by atoms with Crippen molar-refractivity contribution in [3.63, 3.8) is 0 Å². The van der Waals surface area contributed by atoms with E-state index in [1.165, 1.54) is 24.2 Å². The average molecular weight is 232 g/mol. The second-order valence-electron chi connectivity index (χ2n) is 3.39. The summed E-state index contributed by atoms with van der Waals surface area (Å²) >= 11 is 0. The molecule has 0 atom stereocenters. The molecule has 0 unspecified atom stereocenters. The van der Waals surface area contributed by atoms with Gasteiger partial charge in [0.2, 0.25) is 0 Å². The minimum Gasteiger partial charge on any atom is -0.466 e. The Kier molecular flexibility index (Phi) is 3.04. The van der Waals surface area contributed by atoms with Gasteiger partial charge in [0.05, 0.1) is 7.11 Å². The van der Waals surface area contributed by atoms with Gasteiger partial charge >= 0.3 is 5.97 Å². The maximum Gasteiger partial charge on any atom is 0.331 e. The van der Waals surface area contributed by atoms with Gasteiger partial charge in [0.25, 0.3) is 0 Å². The first-order valence-electron chi connectivity index (χ1n) is 5.01. The minimum absolute atomic E-state index is 0.405. The monoisotopic (exact) mass is 232 g/mol. The van der Waals surface area contributed by atoms with Gasteiger partial charge in [0.1, 0.15) is 11.0 Å². The number of ether oxygens (including phenoxy) is 1. The van der Waals surface area contributed by atoms with Crippen LogP contribution >= 0.6 is 0 Å². The predicted molar refractivity (Wildman–Crippen MR) is 63.3 cm³/mol. The summed E-state index contributed by atoms with van der Waals surface area (Å²) in [5, 5.41) is 11.3. The van der Waals surface area contributed by atoms with Crippen LogP contribution in [-0.2, 0) is 16.6 Å². The van der Waals surface area contributed by atoms with Gasteiger partial charge in [-0.2, -0.15) is 15.0 Å². The average Bonchev–Trinajstić information content (AvgIpc) is 2.68. The summed E-state index contributed by atoms with van der Waals surface area (Å²) in [5.41, 5.74) is 2.46. The number of anilines is 1. The number of aromatic nitrogens is 3. The van der Waals surface area contributed by atoms with Crippen LogP contribution in [0.2, 0.25) is 0 Å². The van der Waals surface area contributed by atoms with Crippen LogP contribution in [0.5, 0.6) is 0 Å². The Labute approximate surface area is 97.9 Å². The number of esters is 1. The summed E-state index contributed by atoms with van der Waals surface area (Å²) in [5.74, 6) is -0.405. The van der Waals surface area contributed by atoms with Crippen LogP contribution in [0.25, 0.3) is 11.0 Å². The molecule has 0 amide bonds. The largest absolute Gasteiger partial charge is 0.466 e. The molecule has 0 aliphatic rings. The van der Waals surface area contributed by atoms with Crippen molar-refractivity contribution in [2.24, 2.45) is 7.05 Å². The minimum atomic E-state index is -0.405. The summed E-state index contributed by atoms with van der Waals surface area (Å²) in [6, 6.07) is 5.57. The fourth-order valence-corrected chi connectivity index (χ4v) is 1.39. The van der Waals surface area contributed by atoms with E-state index in [1.54, 1.807) is 7.05 Å². The summed E-state index contributed by atoms with van der Waals surface area (Å²) < 4.78 is 4.47. The van der Waals surface area contributed by atoms with Crippen LogP contribution in [0.3, 0.4) is 0 Å². The summed E-state index contributed by atoms with van der Waals surface area (Å²) in [7, 11) is 3.10. The van der Waals surface area contributed by atoms with Gasteiger partial charge in [-0.05, 0) is 18.2 Å². The molecule has 1 heterocycles. The van der Waals surface area contributed by atoms with Gasteiger partial charge in [-0.15, -0.1) is 0 Å². The first-order chi connectivity index (χ1) is 8.19. The highest BCUT2D eigenvalue weighted by molar-refractivity contribution is 5.82. The van der Waals surface area contributed by atoms with E-state index in [0.29, 0.717) is 0 Å². The standard InChI is InChI=1S/C11H12N4O2/c1-15-13-9-4-3-8(7-10(9)14-15)12-6-5-11(16)17-2/h3-7,12H,1-2H3/b6-5+. The van der Waals surface area contributed by atoms with E-state index in [9.17, 15) is 4.79 Å². The third-order valence-corrected chi connectivity index (χ3v) is 2.15. The molecule has 0 fully saturated rings. The smallest absolute Gasteiger partial charge is 0.331 e. The number of aryl methyl sites for hydroxylation is 1. The fraction of sp³-hybridized carbons (Fsp3) is 0.182. The number of nitrogens with one attached hydrogen (secondary N) is 1. The molecule has 1 aromatic heterocycles. The van der Waals surface area contributed by atoms with Crippen LogP contribution in [-0.4, -0.2) is 28.1 Å². The molecule has 1 aromatic carbocycles. The van der Waals surface area contributed by atoms with Crippen LogP contribution in [0, 0.1) is 0 Å². The fourth-order valence-electron chi connectivity index (χ4n) is 1.39. The number of hydrogen-bond acceptors (Lipinski definition) is 5. The van der Waals surface area contributed by atoms with Gasteiger partial charge in [0.15, 0.2) is 0 Å². The van der Waals surface area contributed by atoms with Crippen molar-refractivity contribution >= 4 is 22.7 Å². The zero-order chi connectivity index (χ0) is 12.3. The lowest BCUT2D eigenvalue weighted by Crippen LogP contribution is -1.96. The lowest BCUT2D eigenvalue weighted by molar-refractivity contribution is -0.134. The van der Waals surface area contributed by atoms with Crippen molar-refractivity contribution in [1.29, 1.82) is 0 Å². The second-order valence-corrected chi connectivity index (χ2v) is 3.39. The van der Waals surface area contributed by atoms with Crippen LogP contribution in [0.4, 0.5) is 5.69 Å². The van der Waals surface area contributed by atoms with Gasteiger partial charge in [-0.1, -0.05) is 0 Å².